The number of ether oxygens (including phenoxy) is 1. The molecule has 3 aromatic rings. The van der Waals surface area contributed by atoms with Crippen molar-refractivity contribution in [2.75, 3.05) is 13.1 Å². The molecule has 0 N–H and O–H groups in total. The van der Waals surface area contributed by atoms with E-state index in [-0.39, 0.29) is 12.0 Å². The van der Waals surface area contributed by atoms with Crippen molar-refractivity contribution < 1.29 is 9.53 Å². The van der Waals surface area contributed by atoms with E-state index in [1.54, 1.807) is 23.4 Å². The highest BCUT2D eigenvalue weighted by Gasteiger charge is 2.30. The SMILES string of the molecule is O=C(c1nc2ccccc2s1)N1CCC(Oc2ccncc2Cl)C1. The molecular formula is C17H14ClN3O2S. The Bertz CT molecular complexity index is 865. The van der Waals surface area contributed by atoms with Crippen LogP contribution in [0.2, 0.25) is 5.02 Å². The van der Waals surface area contributed by atoms with Gasteiger partial charge in [-0.05, 0) is 12.1 Å². The number of rotatable bonds is 3. The Kier molecular flexibility index (Phi) is 4.08. The summed E-state index contributed by atoms with van der Waals surface area (Å²) in [7, 11) is 0. The quantitative estimate of drug-likeness (QED) is 0.716. The van der Waals surface area contributed by atoms with Crippen LogP contribution in [0, 0.1) is 0 Å². The van der Waals surface area contributed by atoms with Crippen LogP contribution in [0.1, 0.15) is 16.2 Å². The van der Waals surface area contributed by atoms with Crippen molar-refractivity contribution in [3.63, 3.8) is 0 Å². The van der Waals surface area contributed by atoms with Gasteiger partial charge in [-0.15, -0.1) is 11.3 Å². The molecule has 1 aromatic carbocycles. The Balaban J connectivity index is 1.46. The number of benzene rings is 1. The minimum absolute atomic E-state index is 0.0388. The van der Waals surface area contributed by atoms with Gasteiger partial charge < -0.3 is 9.64 Å². The van der Waals surface area contributed by atoms with E-state index in [1.807, 2.05) is 24.3 Å². The predicted octanol–water partition coefficient (Wildman–Crippen LogP) is 3.64. The molecule has 0 bridgehead atoms. The molecule has 4 rings (SSSR count). The maximum atomic E-state index is 12.7. The minimum atomic E-state index is -0.0665. The molecule has 1 fully saturated rings. The summed E-state index contributed by atoms with van der Waals surface area (Å²) in [4.78, 5) is 22.8. The summed E-state index contributed by atoms with van der Waals surface area (Å²) in [6.07, 6.45) is 3.90. The van der Waals surface area contributed by atoms with Crippen LogP contribution in [0.25, 0.3) is 10.2 Å². The van der Waals surface area contributed by atoms with Gasteiger partial charge in [0.1, 0.15) is 16.9 Å². The molecule has 0 radical (unpaired) electrons. The summed E-state index contributed by atoms with van der Waals surface area (Å²) in [6, 6.07) is 9.51. The van der Waals surface area contributed by atoms with Crippen molar-refractivity contribution in [3.8, 4) is 5.75 Å². The van der Waals surface area contributed by atoms with Crippen molar-refractivity contribution in [2.24, 2.45) is 0 Å². The van der Waals surface area contributed by atoms with Crippen LogP contribution < -0.4 is 4.74 Å². The van der Waals surface area contributed by atoms with Crippen LogP contribution in [0.5, 0.6) is 5.75 Å². The summed E-state index contributed by atoms with van der Waals surface area (Å²) < 4.78 is 6.92. The van der Waals surface area contributed by atoms with Crippen molar-refractivity contribution in [3.05, 3.63) is 52.8 Å². The molecule has 1 saturated heterocycles. The number of aromatic nitrogens is 2. The molecule has 2 aromatic heterocycles. The lowest BCUT2D eigenvalue weighted by Crippen LogP contribution is -2.30. The number of amides is 1. The zero-order valence-electron chi connectivity index (χ0n) is 12.7. The van der Waals surface area contributed by atoms with Gasteiger partial charge in [-0.1, -0.05) is 23.7 Å². The first kappa shape index (κ1) is 15.4. The number of thiazole rings is 1. The normalized spacial score (nSPS) is 17.4. The fourth-order valence-electron chi connectivity index (χ4n) is 2.75. The smallest absolute Gasteiger partial charge is 0.283 e. The van der Waals surface area contributed by atoms with Gasteiger partial charge in [-0.25, -0.2) is 4.98 Å². The number of nitrogens with zero attached hydrogens (tertiary/aromatic N) is 3. The maximum absolute atomic E-state index is 12.7. The van der Waals surface area contributed by atoms with Crippen LogP contribution in [-0.2, 0) is 0 Å². The van der Waals surface area contributed by atoms with Gasteiger partial charge in [0.2, 0.25) is 0 Å². The second kappa shape index (κ2) is 6.37. The molecule has 24 heavy (non-hydrogen) atoms. The molecule has 122 valence electrons. The van der Waals surface area contributed by atoms with E-state index in [2.05, 4.69) is 9.97 Å². The number of halogens is 1. The molecule has 1 atom stereocenters. The average molecular weight is 360 g/mol. The van der Waals surface area contributed by atoms with E-state index in [0.717, 1.165) is 16.6 Å². The lowest BCUT2D eigenvalue weighted by molar-refractivity contribution is 0.0772. The van der Waals surface area contributed by atoms with Crippen LogP contribution in [0.15, 0.2) is 42.7 Å². The fourth-order valence-corrected chi connectivity index (χ4v) is 3.84. The van der Waals surface area contributed by atoms with E-state index < -0.39 is 0 Å². The number of hydrogen-bond acceptors (Lipinski definition) is 5. The highest BCUT2D eigenvalue weighted by molar-refractivity contribution is 7.20. The third-order valence-electron chi connectivity index (χ3n) is 3.94. The Morgan fingerprint density at radius 3 is 3.04 bits per heavy atom. The highest BCUT2D eigenvalue weighted by Crippen LogP contribution is 2.27. The molecule has 7 heteroatoms. The molecule has 0 saturated carbocycles. The number of likely N-dealkylation sites (tertiary alicyclic amines) is 1. The van der Waals surface area contributed by atoms with Gasteiger partial charge in [-0.2, -0.15) is 0 Å². The Morgan fingerprint density at radius 2 is 2.21 bits per heavy atom. The number of para-hydroxylation sites is 1. The molecule has 1 amide bonds. The van der Waals surface area contributed by atoms with Gasteiger partial charge in [0.05, 0.1) is 16.8 Å². The topological polar surface area (TPSA) is 55.3 Å². The summed E-state index contributed by atoms with van der Waals surface area (Å²) in [5, 5.41) is 1.01. The van der Waals surface area contributed by atoms with E-state index in [9.17, 15) is 4.79 Å². The minimum Gasteiger partial charge on any atom is -0.487 e. The van der Waals surface area contributed by atoms with Crippen molar-refractivity contribution >= 4 is 39.1 Å². The second-order valence-electron chi connectivity index (χ2n) is 5.57. The van der Waals surface area contributed by atoms with Crippen LogP contribution in [0.3, 0.4) is 0 Å². The predicted molar refractivity (Wildman–Crippen MR) is 93.8 cm³/mol. The van der Waals surface area contributed by atoms with E-state index in [0.29, 0.717) is 28.9 Å². The average Bonchev–Trinajstić information content (AvgIpc) is 3.23. The first-order valence-corrected chi connectivity index (χ1v) is 8.81. The van der Waals surface area contributed by atoms with Crippen molar-refractivity contribution in [1.29, 1.82) is 0 Å². The van der Waals surface area contributed by atoms with E-state index in [1.165, 1.54) is 11.3 Å². The van der Waals surface area contributed by atoms with Crippen LogP contribution in [-0.4, -0.2) is 40.0 Å². The number of carbonyl (C=O) groups is 1. The van der Waals surface area contributed by atoms with Gasteiger partial charge >= 0.3 is 0 Å². The molecular weight excluding hydrogens is 346 g/mol. The van der Waals surface area contributed by atoms with Gasteiger partial charge in [0.15, 0.2) is 5.01 Å². The molecule has 1 unspecified atom stereocenters. The zero-order valence-corrected chi connectivity index (χ0v) is 14.3. The number of pyridine rings is 1. The van der Waals surface area contributed by atoms with Crippen molar-refractivity contribution in [1.82, 2.24) is 14.9 Å². The van der Waals surface area contributed by atoms with Crippen LogP contribution >= 0.6 is 22.9 Å². The maximum Gasteiger partial charge on any atom is 0.283 e. The van der Waals surface area contributed by atoms with Gasteiger partial charge in [-0.3, -0.25) is 9.78 Å². The third-order valence-corrected chi connectivity index (χ3v) is 5.25. The Hall–Kier alpha value is -2.18. The molecule has 0 aliphatic carbocycles. The number of carbonyl (C=O) groups excluding carboxylic acids is 1. The van der Waals surface area contributed by atoms with Crippen molar-refractivity contribution in [2.45, 2.75) is 12.5 Å². The number of hydrogen-bond donors (Lipinski definition) is 0. The standard InChI is InChI=1S/C17H14ClN3O2S/c18-12-9-19-7-5-14(12)23-11-6-8-21(10-11)17(22)16-20-13-3-1-2-4-15(13)24-16/h1-5,7,9,11H,6,8,10H2. The monoisotopic (exact) mass is 359 g/mol. The number of fused-ring (bicyclic) bond motifs is 1. The van der Waals surface area contributed by atoms with Crippen LogP contribution in [0.4, 0.5) is 0 Å². The Labute approximate surface area is 147 Å². The van der Waals surface area contributed by atoms with E-state index >= 15 is 0 Å². The summed E-state index contributed by atoms with van der Waals surface area (Å²) >= 11 is 7.49. The summed E-state index contributed by atoms with van der Waals surface area (Å²) in [5.41, 5.74) is 0.862. The molecule has 1 aliphatic rings. The first-order chi connectivity index (χ1) is 11.7. The molecule has 0 spiro atoms. The summed E-state index contributed by atoms with van der Waals surface area (Å²) in [5.74, 6) is 0.564. The summed E-state index contributed by atoms with van der Waals surface area (Å²) in [6.45, 7) is 1.19. The lowest BCUT2D eigenvalue weighted by Gasteiger charge is -2.16. The molecule has 3 heterocycles. The lowest BCUT2D eigenvalue weighted by atomic mass is 10.3. The van der Waals surface area contributed by atoms with E-state index in [4.69, 9.17) is 16.3 Å². The van der Waals surface area contributed by atoms with Gasteiger partial charge in [0.25, 0.3) is 5.91 Å². The second-order valence-corrected chi connectivity index (χ2v) is 7.01. The first-order valence-electron chi connectivity index (χ1n) is 7.62. The largest absolute Gasteiger partial charge is 0.487 e. The zero-order chi connectivity index (χ0) is 16.5. The Morgan fingerprint density at radius 1 is 1.33 bits per heavy atom. The fraction of sp³-hybridized carbons (Fsp3) is 0.235. The third kappa shape index (κ3) is 2.95. The highest BCUT2D eigenvalue weighted by atomic mass is 35.5. The molecule has 1 aliphatic heterocycles. The molecule has 5 nitrogen and oxygen atoms in total. The van der Waals surface area contributed by atoms with Gasteiger partial charge in [0, 0.05) is 31.4 Å².